The molecule has 0 atom stereocenters. The van der Waals surface area contributed by atoms with Crippen LogP contribution in [0, 0.1) is 0 Å². The van der Waals surface area contributed by atoms with Gasteiger partial charge in [0, 0.05) is 11.8 Å². The van der Waals surface area contributed by atoms with Crippen LogP contribution in [0.4, 0.5) is 0 Å². The molecule has 1 rings (SSSR count). The van der Waals surface area contributed by atoms with Gasteiger partial charge in [-0.2, -0.15) is 0 Å². The molecule has 19 heavy (non-hydrogen) atoms. The molecule has 102 valence electrons. The van der Waals surface area contributed by atoms with Crippen molar-refractivity contribution in [3.8, 4) is 0 Å². The highest BCUT2D eigenvalue weighted by molar-refractivity contribution is 6.00. The number of carbonyl (C=O) groups is 2. The predicted molar refractivity (Wildman–Crippen MR) is 63.5 cm³/mol. The quantitative estimate of drug-likeness (QED) is 0.190. The van der Waals surface area contributed by atoms with Crippen LogP contribution in [0.15, 0.2) is 23.5 Å². The fourth-order valence-corrected chi connectivity index (χ4v) is 1.36. The minimum atomic E-state index is -1.27. The highest BCUT2D eigenvalue weighted by Gasteiger charge is 2.31. The number of oxime groups is 1. The Morgan fingerprint density at radius 2 is 1.89 bits per heavy atom. The van der Waals surface area contributed by atoms with E-state index in [0.29, 0.717) is 5.56 Å². The number of nitrogens with two attached hydrogens (primary N) is 1. The Balaban J connectivity index is 3.11. The van der Waals surface area contributed by atoms with E-state index in [2.05, 4.69) is 19.6 Å². The van der Waals surface area contributed by atoms with Gasteiger partial charge in [0.15, 0.2) is 11.8 Å². The number of rotatable bonds is 4. The van der Waals surface area contributed by atoms with Gasteiger partial charge >= 0.3 is 11.9 Å². The highest BCUT2D eigenvalue weighted by Crippen LogP contribution is 2.17. The minimum absolute atomic E-state index is 0.133. The number of amidine groups is 1. The van der Waals surface area contributed by atoms with Gasteiger partial charge in [-0.25, -0.2) is 0 Å². The van der Waals surface area contributed by atoms with E-state index in [1.54, 1.807) is 0 Å². The van der Waals surface area contributed by atoms with Gasteiger partial charge in [0.2, 0.25) is 0 Å². The molecule has 0 saturated heterocycles. The number of carbonyl (C=O) groups excluding carboxylic acids is 2. The maximum atomic E-state index is 11.5. The van der Waals surface area contributed by atoms with E-state index in [-0.39, 0.29) is 11.5 Å². The Labute approximate surface area is 108 Å². The normalized spacial score (nSPS) is 11.2. The zero-order valence-electron chi connectivity index (χ0n) is 10.4. The summed E-state index contributed by atoms with van der Waals surface area (Å²) in [4.78, 5) is 27.0. The molecule has 1 aromatic rings. The van der Waals surface area contributed by atoms with Gasteiger partial charge in [0.25, 0.3) is 0 Å². The van der Waals surface area contributed by atoms with Crippen molar-refractivity contribution < 1.29 is 24.3 Å². The molecule has 0 spiro atoms. The lowest BCUT2D eigenvalue weighted by Gasteiger charge is -2.12. The van der Waals surface area contributed by atoms with Crippen molar-refractivity contribution in [2.24, 2.45) is 10.9 Å². The molecule has 3 N–H and O–H groups in total. The molecule has 0 saturated carbocycles. The predicted octanol–water partition coefficient (Wildman–Crippen LogP) is -0.394. The minimum Gasteiger partial charge on any atom is -0.468 e. The van der Waals surface area contributed by atoms with Crippen molar-refractivity contribution in [2.45, 2.75) is 5.92 Å². The summed E-state index contributed by atoms with van der Waals surface area (Å²) in [6, 6.07) is 2.85. The van der Waals surface area contributed by atoms with E-state index in [9.17, 15) is 9.59 Å². The average molecular weight is 267 g/mol. The third-order valence-electron chi connectivity index (χ3n) is 2.36. The first-order valence-corrected chi connectivity index (χ1v) is 5.14. The summed E-state index contributed by atoms with van der Waals surface area (Å²) in [6.07, 6.45) is 1.27. The van der Waals surface area contributed by atoms with Gasteiger partial charge in [0.05, 0.1) is 19.9 Å². The molecular formula is C11H13N3O5. The van der Waals surface area contributed by atoms with E-state index in [0.717, 1.165) is 14.2 Å². The van der Waals surface area contributed by atoms with Crippen LogP contribution < -0.4 is 5.73 Å². The summed E-state index contributed by atoms with van der Waals surface area (Å²) in [6.45, 7) is 0. The molecule has 8 nitrogen and oxygen atoms in total. The number of methoxy groups -OCH3 is 2. The summed E-state index contributed by atoms with van der Waals surface area (Å²) < 4.78 is 9.04. The molecule has 0 aliphatic carbocycles. The SMILES string of the molecule is COC(=O)C(C(=O)OC)c1ccc(/C(N)=N\O)cn1. The molecule has 0 aliphatic rings. The molecule has 0 amide bonds. The number of pyridine rings is 1. The van der Waals surface area contributed by atoms with E-state index >= 15 is 0 Å². The maximum Gasteiger partial charge on any atom is 0.326 e. The van der Waals surface area contributed by atoms with E-state index in [4.69, 9.17) is 10.9 Å². The van der Waals surface area contributed by atoms with Gasteiger partial charge in [0.1, 0.15) is 0 Å². The monoisotopic (exact) mass is 267 g/mol. The van der Waals surface area contributed by atoms with E-state index in [1.165, 1.54) is 18.3 Å². The Kier molecular flexibility index (Phi) is 4.81. The first-order chi connectivity index (χ1) is 9.04. The van der Waals surface area contributed by atoms with Gasteiger partial charge in [-0.15, -0.1) is 0 Å². The summed E-state index contributed by atoms with van der Waals surface area (Å²) in [5.74, 6) is -2.96. The van der Waals surface area contributed by atoms with Crippen molar-refractivity contribution >= 4 is 17.8 Å². The molecule has 0 fully saturated rings. The van der Waals surface area contributed by atoms with Gasteiger partial charge in [-0.3, -0.25) is 14.6 Å². The van der Waals surface area contributed by atoms with Crippen LogP contribution in [-0.4, -0.2) is 42.2 Å². The fraction of sp³-hybridized carbons (Fsp3) is 0.273. The Bertz CT molecular complexity index is 482. The van der Waals surface area contributed by atoms with Crippen molar-refractivity contribution in [3.63, 3.8) is 0 Å². The van der Waals surface area contributed by atoms with Gasteiger partial charge in [-0.05, 0) is 12.1 Å². The molecule has 0 aliphatic heterocycles. The summed E-state index contributed by atoms with van der Waals surface area (Å²) >= 11 is 0. The largest absolute Gasteiger partial charge is 0.468 e. The van der Waals surface area contributed by atoms with Gasteiger partial charge in [-0.1, -0.05) is 5.16 Å². The zero-order valence-corrected chi connectivity index (χ0v) is 10.4. The molecular weight excluding hydrogens is 254 g/mol. The maximum absolute atomic E-state index is 11.5. The molecule has 1 heterocycles. The van der Waals surface area contributed by atoms with Crippen LogP contribution in [0.25, 0.3) is 0 Å². The van der Waals surface area contributed by atoms with Crippen LogP contribution in [0.1, 0.15) is 17.2 Å². The van der Waals surface area contributed by atoms with Crippen LogP contribution >= 0.6 is 0 Å². The Morgan fingerprint density at radius 3 is 2.26 bits per heavy atom. The lowest BCUT2D eigenvalue weighted by atomic mass is 10.0. The number of hydrogen-bond donors (Lipinski definition) is 2. The first-order valence-electron chi connectivity index (χ1n) is 5.14. The average Bonchev–Trinajstić information content (AvgIpc) is 2.46. The molecule has 0 unspecified atom stereocenters. The summed E-state index contributed by atoms with van der Waals surface area (Å²) in [5, 5.41) is 11.3. The zero-order chi connectivity index (χ0) is 14.4. The topological polar surface area (TPSA) is 124 Å². The number of esters is 2. The third-order valence-corrected chi connectivity index (χ3v) is 2.36. The third kappa shape index (κ3) is 3.18. The molecule has 0 radical (unpaired) electrons. The second-order valence-electron chi connectivity index (χ2n) is 3.44. The van der Waals surface area contributed by atoms with Crippen LogP contribution in [-0.2, 0) is 19.1 Å². The number of hydrogen-bond acceptors (Lipinski definition) is 7. The number of nitrogens with zero attached hydrogens (tertiary/aromatic N) is 2. The van der Waals surface area contributed by atoms with Crippen LogP contribution in [0.2, 0.25) is 0 Å². The number of aromatic nitrogens is 1. The fourth-order valence-electron chi connectivity index (χ4n) is 1.36. The van der Waals surface area contributed by atoms with Crippen LogP contribution in [0.5, 0.6) is 0 Å². The first kappa shape index (κ1) is 14.4. The van der Waals surface area contributed by atoms with Gasteiger partial charge < -0.3 is 20.4 Å². The van der Waals surface area contributed by atoms with E-state index < -0.39 is 17.9 Å². The highest BCUT2D eigenvalue weighted by atomic mass is 16.5. The lowest BCUT2D eigenvalue weighted by molar-refractivity contribution is -0.154. The summed E-state index contributed by atoms with van der Waals surface area (Å²) in [5.41, 5.74) is 5.86. The standard InChI is InChI=1S/C11H13N3O5/c1-18-10(15)8(11(16)19-2)7-4-3-6(5-13-7)9(12)14-17/h3-5,8,17H,1-2H3,(H2,12,14). The molecule has 8 heteroatoms. The molecule has 0 aromatic carbocycles. The summed E-state index contributed by atoms with van der Waals surface area (Å²) in [7, 11) is 2.31. The second-order valence-corrected chi connectivity index (χ2v) is 3.44. The lowest BCUT2D eigenvalue weighted by Crippen LogP contribution is -2.25. The number of ether oxygens (including phenoxy) is 2. The van der Waals surface area contributed by atoms with Crippen molar-refractivity contribution in [3.05, 3.63) is 29.6 Å². The Morgan fingerprint density at radius 1 is 1.32 bits per heavy atom. The van der Waals surface area contributed by atoms with Crippen molar-refractivity contribution in [2.75, 3.05) is 14.2 Å². The van der Waals surface area contributed by atoms with E-state index in [1.807, 2.05) is 0 Å². The Hall–Kier alpha value is -2.64. The second kappa shape index (κ2) is 6.34. The van der Waals surface area contributed by atoms with Crippen molar-refractivity contribution in [1.29, 1.82) is 0 Å². The van der Waals surface area contributed by atoms with Crippen LogP contribution in [0.3, 0.4) is 0 Å². The smallest absolute Gasteiger partial charge is 0.326 e. The molecule has 1 aromatic heterocycles. The van der Waals surface area contributed by atoms with Crippen molar-refractivity contribution in [1.82, 2.24) is 4.98 Å². The molecule has 0 bridgehead atoms.